The Kier molecular flexibility index (Phi) is 4.85. The number of rotatable bonds is 3. The molecular formula is C20H22N4O4S. The highest BCUT2D eigenvalue weighted by Gasteiger charge is 2.61. The molecule has 0 radical (unpaired) electrons. The fourth-order valence-electron chi connectivity index (χ4n) is 4.89. The number of nitro benzene ring substituents is 1. The van der Waals surface area contributed by atoms with Crippen LogP contribution in [0.15, 0.2) is 30.9 Å². The second-order valence-electron chi connectivity index (χ2n) is 7.74. The number of carbonyl (C=O) groups excluding carboxylic acids is 2. The van der Waals surface area contributed by atoms with Crippen molar-refractivity contribution in [1.29, 1.82) is 0 Å². The van der Waals surface area contributed by atoms with Crippen molar-refractivity contribution in [1.82, 2.24) is 10.2 Å². The number of hydrogen-bond donors (Lipinski definition) is 1. The number of nitro groups is 1. The maximum Gasteiger partial charge on any atom is 0.269 e. The minimum Gasteiger partial charge on any atom is -0.367 e. The SMILES string of the molecule is C=CCN1C(=O)[C@@]2(Cc3cc([N+](=O)[O-])ccc3N3CCCCC[C@@H]32)C(=O)NC1=S. The van der Waals surface area contributed by atoms with Gasteiger partial charge < -0.3 is 10.2 Å². The maximum atomic E-state index is 13.7. The Balaban J connectivity index is 1.89. The van der Waals surface area contributed by atoms with E-state index in [0.717, 1.165) is 24.9 Å². The summed E-state index contributed by atoms with van der Waals surface area (Å²) >= 11 is 5.23. The number of hydrogen-bond acceptors (Lipinski definition) is 6. The number of non-ortho nitro benzene ring substituents is 1. The zero-order chi connectivity index (χ0) is 20.8. The van der Waals surface area contributed by atoms with Crippen molar-refractivity contribution in [3.63, 3.8) is 0 Å². The molecule has 0 aliphatic carbocycles. The van der Waals surface area contributed by atoms with E-state index in [2.05, 4.69) is 16.8 Å². The minimum absolute atomic E-state index is 0.0469. The Labute approximate surface area is 173 Å². The van der Waals surface area contributed by atoms with Crippen LogP contribution >= 0.6 is 12.2 Å². The van der Waals surface area contributed by atoms with Crippen LogP contribution in [-0.4, -0.2) is 45.9 Å². The van der Waals surface area contributed by atoms with Gasteiger partial charge in [-0.2, -0.15) is 0 Å². The summed E-state index contributed by atoms with van der Waals surface area (Å²) in [5.41, 5.74) is 0.108. The second kappa shape index (κ2) is 7.22. The molecule has 1 aromatic carbocycles. The molecular weight excluding hydrogens is 392 g/mol. The Morgan fingerprint density at radius 1 is 1.34 bits per heavy atom. The highest BCUT2D eigenvalue weighted by molar-refractivity contribution is 7.80. The maximum absolute atomic E-state index is 13.7. The van der Waals surface area contributed by atoms with Gasteiger partial charge in [0.15, 0.2) is 10.5 Å². The second-order valence-corrected chi connectivity index (χ2v) is 8.13. The molecule has 2 amide bonds. The molecule has 2 fully saturated rings. The molecule has 9 heteroatoms. The summed E-state index contributed by atoms with van der Waals surface area (Å²) in [6.45, 7) is 4.59. The van der Waals surface area contributed by atoms with E-state index >= 15 is 0 Å². The van der Waals surface area contributed by atoms with Crippen molar-refractivity contribution in [3.05, 3.63) is 46.5 Å². The van der Waals surface area contributed by atoms with Gasteiger partial charge in [-0.15, -0.1) is 6.58 Å². The van der Waals surface area contributed by atoms with Gasteiger partial charge in [0, 0.05) is 37.3 Å². The van der Waals surface area contributed by atoms with Crippen molar-refractivity contribution < 1.29 is 14.5 Å². The summed E-state index contributed by atoms with van der Waals surface area (Å²) in [6.07, 6.45) is 5.25. The quantitative estimate of drug-likeness (QED) is 0.268. The topological polar surface area (TPSA) is 95.8 Å². The molecule has 1 aromatic rings. The third-order valence-corrected chi connectivity index (χ3v) is 6.51. The predicted octanol–water partition coefficient (Wildman–Crippen LogP) is 2.32. The summed E-state index contributed by atoms with van der Waals surface area (Å²) in [5, 5.41) is 14.1. The van der Waals surface area contributed by atoms with E-state index in [1.807, 2.05) is 0 Å². The summed E-state index contributed by atoms with van der Waals surface area (Å²) in [6, 6.07) is 4.40. The summed E-state index contributed by atoms with van der Waals surface area (Å²) < 4.78 is 0. The molecule has 3 aliphatic rings. The van der Waals surface area contributed by atoms with Crippen LogP contribution in [0.5, 0.6) is 0 Å². The third kappa shape index (κ3) is 2.91. The molecule has 8 nitrogen and oxygen atoms in total. The summed E-state index contributed by atoms with van der Waals surface area (Å²) in [5.74, 6) is -0.762. The zero-order valence-electron chi connectivity index (χ0n) is 15.9. The lowest BCUT2D eigenvalue weighted by Gasteiger charge is -2.52. The molecule has 2 atom stereocenters. The largest absolute Gasteiger partial charge is 0.367 e. The molecule has 0 unspecified atom stereocenters. The average molecular weight is 414 g/mol. The van der Waals surface area contributed by atoms with Gasteiger partial charge in [0.05, 0.1) is 11.0 Å². The van der Waals surface area contributed by atoms with Crippen molar-refractivity contribution in [2.24, 2.45) is 5.41 Å². The van der Waals surface area contributed by atoms with Crippen LogP contribution in [0, 0.1) is 15.5 Å². The lowest BCUT2D eigenvalue weighted by atomic mass is 9.67. The Morgan fingerprint density at radius 3 is 2.86 bits per heavy atom. The highest BCUT2D eigenvalue weighted by atomic mass is 32.1. The number of nitrogens with zero attached hydrogens (tertiary/aromatic N) is 3. The predicted molar refractivity (Wildman–Crippen MR) is 111 cm³/mol. The Hall–Kier alpha value is -2.81. The van der Waals surface area contributed by atoms with E-state index in [0.29, 0.717) is 18.5 Å². The van der Waals surface area contributed by atoms with Crippen LogP contribution in [0.25, 0.3) is 0 Å². The van der Waals surface area contributed by atoms with Crippen molar-refractivity contribution in [3.8, 4) is 0 Å². The number of amides is 2. The molecule has 152 valence electrons. The van der Waals surface area contributed by atoms with E-state index in [1.165, 1.54) is 17.0 Å². The molecule has 29 heavy (non-hydrogen) atoms. The monoisotopic (exact) mass is 414 g/mol. The first-order chi connectivity index (χ1) is 13.9. The van der Waals surface area contributed by atoms with Crippen LogP contribution in [0.1, 0.15) is 31.2 Å². The molecule has 2 saturated heterocycles. The summed E-state index contributed by atoms with van der Waals surface area (Å²) in [4.78, 5) is 41.3. The fourth-order valence-corrected chi connectivity index (χ4v) is 5.14. The van der Waals surface area contributed by atoms with E-state index in [1.54, 1.807) is 12.1 Å². The van der Waals surface area contributed by atoms with Gasteiger partial charge in [0.1, 0.15) is 0 Å². The minimum atomic E-state index is -1.36. The molecule has 0 saturated carbocycles. The van der Waals surface area contributed by atoms with E-state index in [-0.39, 0.29) is 35.7 Å². The van der Waals surface area contributed by atoms with Gasteiger partial charge in [-0.05, 0) is 36.7 Å². The molecule has 0 aromatic heterocycles. The van der Waals surface area contributed by atoms with Crippen LogP contribution in [0.3, 0.4) is 0 Å². The number of benzene rings is 1. The molecule has 3 aliphatic heterocycles. The number of thiocarbonyl (C=S) groups is 1. The molecule has 1 N–H and O–H groups in total. The van der Waals surface area contributed by atoms with Gasteiger partial charge in [0.2, 0.25) is 11.8 Å². The van der Waals surface area contributed by atoms with Crippen LogP contribution in [0.2, 0.25) is 0 Å². The lowest BCUT2D eigenvalue weighted by molar-refractivity contribution is -0.384. The Bertz CT molecular complexity index is 933. The fraction of sp³-hybridized carbons (Fsp3) is 0.450. The van der Waals surface area contributed by atoms with Crippen molar-refractivity contribution >= 4 is 40.5 Å². The number of carbonyl (C=O) groups is 2. The first-order valence-electron chi connectivity index (χ1n) is 9.72. The zero-order valence-corrected chi connectivity index (χ0v) is 16.7. The van der Waals surface area contributed by atoms with Gasteiger partial charge in [-0.3, -0.25) is 24.6 Å². The number of anilines is 1. The normalized spacial score (nSPS) is 26.5. The van der Waals surface area contributed by atoms with Gasteiger partial charge in [0.25, 0.3) is 5.69 Å². The van der Waals surface area contributed by atoms with Crippen LogP contribution in [-0.2, 0) is 16.0 Å². The van der Waals surface area contributed by atoms with Crippen LogP contribution in [0.4, 0.5) is 11.4 Å². The van der Waals surface area contributed by atoms with Crippen LogP contribution < -0.4 is 10.2 Å². The number of fused-ring (bicyclic) bond motifs is 4. The van der Waals surface area contributed by atoms with Gasteiger partial charge in [-0.25, -0.2) is 0 Å². The van der Waals surface area contributed by atoms with Crippen molar-refractivity contribution in [2.45, 2.75) is 38.1 Å². The van der Waals surface area contributed by atoms with E-state index in [4.69, 9.17) is 12.2 Å². The highest BCUT2D eigenvalue weighted by Crippen LogP contribution is 2.47. The van der Waals surface area contributed by atoms with Crippen molar-refractivity contribution in [2.75, 3.05) is 18.0 Å². The van der Waals surface area contributed by atoms with E-state index in [9.17, 15) is 19.7 Å². The first kappa shape index (κ1) is 19.5. The standard InChI is InChI=1S/C20H22N4O4S/c1-2-9-23-18(26)20(17(25)21-19(23)29)12-13-11-14(24(27)28)7-8-15(13)22-10-5-3-4-6-16(20)22/h2,7-8,11,16H,1,3-6,9-10,12H2,(H,21,25,29)/t16-,20-/m1/s1. The Morgan fingerprint density at radius 2 is 2.14 bits per heavy atom. The molecule has 4 rings (SSSR count). The smallest absolute Gasteiger partial charge is 0.269 e. The number of nitrogens with one attached hydrogen (secondary N) is 1. The first-order valence-corrected chi connectivity index (χ1v) is 10.1. The van der Waals surface area contributed by atoms with Gasteiger partial charge >= 0.3 is 0 Å². The summed E-state index contributed by atoms with van der Waals surface area (Å²) in [7, 11) is 0. The third-order valence-electron chi connectivity index (χ3n) is 6.18. The van der Waals surface area contributed by atoms with Gasteiger partial charge in [-0.1, -0.05) is 18.9 Å². The molecule has 3 heterocycles. The van der Waals surface area contributed by atoms with E-state index < -0.39 is 16.2 Å². The lowest BCUT2D eigenvalue weighted by Crippen LogP contribution is -2.71. The molecule has 0 bridgehead atoms. The molecule has 1 spiro atoms. The average Bonchev–Trinajstić information content (AvgIpc) is 2.95.